The van der Waals surface area contributed by atoms with E-state index in [0.29, 0.717) is 5.92 Å². The first kappa shape index (κ1) is 17.7. The van der Waals surface area contributed by atoms with E-state index in [2.05, 4.69) is 33.9 Å². The second-order valence-corrected chi connectivity index (χ2v) is 12.4. The molecule has 0 aromatic heterocycles. The van der Waals surface area contributed by atoms with Crippen LogP contribution < -0.4 is 0 Å². The fraction of sp³-hybridized carbons (Fsp3) is 0.938. The zero-order chi connectivity index (χ0) is 15.4. The Morgan fingerprint density at radius 1 is 1.20 bits per heavy atom. The topological polar surface area (TPSA) is 35.5 Å². The Hall–Kier alpha value is -0.353. The van der Waals surface area contributed by atoms with Gasteiger partial charge in [-0.2, -0.15) is 0 Å². The lowest BCUT2D eigenvalue weighted by molar-refractivity contribution is -0.148. The van der Waals surface area contributed by atoms with Crippen molar-refractivity contribution >= 4 is 14.3 Å². The smallest absolute Gasteiger partial charge is 0.308 e. The fourth-order valence-corrected chi connectivity index (χ4v) is 3.76. The van der Waals surface area contributed by atoms with Crippen molar-refractivity contribution in [3.63, 3.8) is 0 Å². The van der Waals surface area contributed by atoms with Crippen molar-refractivity contribution in [1.29, 1.82) is 0 Å². The maximum absolute atomic E-state index is 11.8. The molecule has 0 bridgehead atoms. The van der Waals surface area contributed by atoms with Crippen LogP contribution in [0.1, 0.15) is 52.9 Å². The summed E-state index contributed by atoms with van der Waals surface area (Å²) in [7, 11) is -0.163. The normalized spacial score (nSPS) is 24.5. The molecule has 20 heavy (non-hydrogen) atoms. The third kappa shape index (κ3) is 4.59. The molecule has 0 N–H and O–H groups in total. The molecule has 0 aromatic carbocycles. The molecule has 1 aliphatic carbocycles. The minimum absolute atomic E-state index is 0.0259. The highest BCUT2D eigenvalue weighted by molar-refractivity contribution is 6.74. The summed E-state index contributed by atoms with van der Waals surface area (Å²) in [5, 5.41) is 0.251. The first-order chi connectivity index (χ1) is 9.19. The molecule has 1 rings (SSSR count). The van der Waals surface area contributed by atoms with Crippen LogP contribution in [0.3, 0.4) is 0 Å². The van der Waals surface area contributed by atoms with Gasteiger partial charge in [-0.15, -0.1) is 0 Å². The number of rotatable bonds is 5. The van der Waals surface area contributed by atoms with E-state index < -0.39 is 8.32 Å². The van der Waals surface area contributed by atoms with Crippen molar-refractivity contribution in [2.45, 2.75) is 71.0 Å². The quantitative estimate of drug-likeness (QED) is 0.558. The second-order valence-electron chi connectivity index (χ2n) is 7.57. The molecule has 4 heteroatoms. The Kier molecular flexibility index (Phi) is 6.26. The van der Waals surface area contributed by atoms with Gasteiger partial charge in [0.2, 0.25) is 0 Å². The van der Waals surface area contributed by atoms with Gasteiger partial charge >= 0.3 is 5.97 Å². The summed E-state index contributed by atoms with van der Waals surface area (Å²) in [5.74, 6) is 0.514. The second kappa shape index (κ2) is 7.08. The third-order valence-electron chi connectivity index (χ3n) is 5.17. The van der Waals surface area contributed by atoms with Crippen LogP contribution in [0.25, 0.3) is 0 Å². The van der Waals surface area contributed by atoms with Gasteiger partial charge in [-0.1, -0.05) is 33.6 Å². The van der Waals surface area contributed by atoms with Gasteiger partial charge < -0.3 is 9.16 Å². The molecule has 0 saturated heterocycles. The van der Waals surface area contributed by atoms with Gasteiger partial charge in [-0.3, -0.25) is 4.79 Å². The lowest BCUT2D eigenvalue weighted by atomic mass is 9.78. The van der Waals surface area contributed by atoms with Gasteiger partial charge in [0.05, 0.1) is 13.0 Å². The maximum Gasteiger partial charge on any atom is 0.308 e. The van der Waals surface area contributed by atoms with E-state index in [1.165, 1.54) is 13.5 Å². The van der Waals surface area contributed by atoms with Crippen LogP contribution in [-0.2, 0) is 14.0 Å². The molecular weight excluding hydrogens is 268 g/mol. The lowest BCUT2D eigenvalue weighted by Gasteiger charge is -2.37. The number of hydrogen-bond acceptors (Lipinski definition) is 3. The highest BCUT2D eigenvalue weighted by atomic mass is 28.4. The van der Waals surface area contributed by atoms with Crippen molar-refractivity contribution in [2.75, 3.05) is 13.7 Å². The van der Waals surface area contributed by atoms with Crippen LogP contribution in [0.2, 0.25) is 18.1 Å². The van der Waals surface area contributed by atoms with E-state index in [0.717, 1.165) is 32.3 Å². The van der Waals surface area contributed by atoms with Gasteiger partial charge in [0.1, 0.15) is 0 Å². The summed E-state index contributed by atoms with van der Waals surface area (Å²) in [4.78, 5) is 11.8. The number of carbonyl (C=O) groups excluding carboxylic acids is 1. The molecule has 0 heterocycles. The van der Waals surface area contributed by atoms with E-state index in [-0.39, 0.29) is 16.9 Å². The zero-order valence-electron chi connectivity index (χ0n) is 14.1. The standard InChI is InChI=1S/C16H32O3Si/c1-16(2,3)20(5,6)19-12-11-13-9-7-8-10-14(13)15(17)18-4/h13-14H,7-12H2,1-6H3. The van der Waals surface area contributed by atoms with Crippen molar-refractivity contribution in [3.8, 4) is 0 Å². The Morgan fingerprint density at radius 2 is 1.80 bits per heavy atom. The van der Waals surface area contributed by atoms with Gasteiger partial charge in [0, 0.05) is 6.61 Å². The summed E-state index contributed by atoms with van der Waals surface area (Å²) in [6, 6.07) is 0. The van der Waals surface area contributed by atoms with Crippen molar-refractivity contribution in [1.82, 2.24) is 0 Å². The molecule has 0 amide bonds. The minimum Gasteiger partial charge on any atom is -0.469 e. The van der Waals surface area contributed by atoms with Crippen molar-refractivity contribution in [3.05, 3.63) is 0 Å². The van der Waals surface area contributed by atoms with Crippen molar-refractivity contribution in [2.24, 2.45) is 11.8 Å². The predicted molar refractivity (Wildman–Crippen MR) is 85.2 cm³/mol. The summed E-state index contributed by atoms with van der Waals surface area (Å²) in [5.41, 5.74) is 0. The average molecular weight is 301 g/mol. The van der Waals surface area contributed by atoms with E-state index in [1.807, 2.05) is 0 Å². The number of ether oxygens (including phenoxy) is 1. The molecule has 0 spiro atoms. The molecule has 0 aromatic rings. The maximum atomic E-state index is 11.8. The molecule has 1 saturated carbocycles. The molecule has 2 atom stereocenters. The van der Waals surface area contributed by atoms with Gasteiger partial charge in [-0.05, 0) is 43.3 Å². The zero-order valence-corrected chi connectivity index (χ0v) is 15.1. The summed E-state index contributed by atoms with van der Waals surface area (Å²) < 4.78 is 11.2. The van der Waals surface area contributed by atoms with Crippen LogP contribution in [0.15, 0.2) is 0 Å². The molecule has 0 aliphatic heterocycles. The summed E-state index contributed by atoms with van der Waals surface area (Å²) in [6.45, 7) is 12.1. The van der Waals surface area contributed by atoms with Crippen LogP contribution in [-0.4, -0.2) is 28.0 Å². The molecule has 2 unspecified atom stereocenters. The SMILES string of the molecule is COC(=O)C1CCCCC1CCO[Si](C)(C)C(C)(C)C. The van der Waals surface area contributed by atoms with Crippen LogP contribution in [0.5, 0.6) is 0 Å². The van der Waals surface area contributed by atoms with E-state index in [1.54, 1.807) is 0 Å². The first-order valence-electron chi connectivity index (χ1n) is 7.91. The monoisotopic (exact) mass is 300 g/mol. The number of methoxy groups -OCH3 is 1. The third-order valence-corrected chi connectivity index (χ3v) is 9.71. The lowest BCUT2D eigenvalue weighted by Crippen LogP contribution is -2.41. The molecule has 1 fully saturated rings. The Morgan fingerprint density at radius 3 is 2.35 bits per heavy atom. The molecule has 118 valence electrons. The average Bonchev–Trinajstić information content (AvgIpc) is 2.37. The molecular formula is C16H32O3Si. The highest BCUT2D eigenvalue weighted by Gasteiger charge is 2.38. The molecule has 3 nitrogen and oxygen atoms in total. The molecule has 1 aliphatic rings. The fourth-order valence-electron chi connectivity index (χ4n) is 2.70. The van der Waals surface area contributed by atoms with Crippen LogP contribution in [0, 0.1) is 11.8 Å². The Balaban J connectivity index is 2.49. The van der Waals surface area contributed by atoms with Gasteiger partial charge in [0.15, 0.2) is 8.32 Å². The minimum atomic E-state index is -1.66. The number of esters is 1. The Labute approximate surface area is 125 Å². The highest BCUT2D eigenvalue weighted by Crippen LogP contribution is 2.38. The largest absolute Gasteiger partial charge is 0.469 e. The van der Waals surface area contributed by atoms with Crippen LogP contribution in [0.4, 0.5) is 0 Å². The Bertz CT molecular complexity index is 320. The van der Waals surface area contributed by atoms with Gasteiger partial charge in [0.25, 0.3) is 0 Å². The van der Waals surface area contributed by atoms with E-state index in [4.69, 9.17) is 9.16 Å². The summed E-state index contributed by atoms with van der Waals surface area (Å²) >= 11 is 0. The van der Waals surface area contributed by atoms with Crippen molar-refractivity contribution < 1.29 is 14.0 Å². The summed E-state index contributed by atoms with van der Waals surface area (Å²) in [6.07, 6.45) is 5.50. The molecule has 0 radical (unpaired) electrons. The predicted octanol–water partition coefficient (Wildman–Crippen LogP) is 4.38. The van der Waals surface area contributed by atoms with Gasteiger partial charge in [-0.25, -0.2) is 0 Å². The number of carbonyl (C=O) groups is 1. The van der Waals surface area contributed by atoms with E-state index >= 15 is 0 Å². The van der Waals surface area contributed by atoms with E-state index in [9.17, 15) is 4.79 Å². The first-order valence-corrected chi connectivity index (χ1v) is 10.8. The van der Waals surface area contributed by atoms with Crippen LogP contribution >= 0.6 is 0 Å². The number of hydrogen-bond donors (Lipinski definition) is 0.